The van der Waals surface area contributed by atoms with E-state index >= 15 is 0 Å². The molecular weight excluding hydrogens is 212 g/mol. The SMILES string of the molecule is CN(C)CCNc1nccc2ccc(N)cc12. The Bertz CT molecular complexity index is 508. The largest absolute Gasteiger partial charge is 0.399 e. The molecule has 0 aliphatic heterocycles. The number of nitrogens with two attached hydrogens (primary N) is 1. The summed E-state index contributed by atoms with van der Waals surface area (Å²) in [5.41, 5.74) is 6.57. The molecule has 0 amide bonds. The first-order valence-electron chi connectivity index (χ1n) is 5.69. The van der Waals surface area contributed by atoms with Gasteiger partial charge < -0.3 is 16.0 Å². The van der Waals surface area contributed by atoms with Gasteiger partial charge >= 0.3 is 0 Å². The molecule has 2 rings (SSSR count). The van der Waals surface area contributed by atoms with E-state index < -0.39 is 0 Å². The predicted molar refractivity (Wildman–Crippen MR) is 73.2 cm³/mol. The van der Waals surface area contributed by atoms with Crippen molar-refractivity contribution in [2.24, 2.45) is 0 Å². The van der Waals surface area contributed by atoms with E-state index in [0.717, 1.165) is 35.4 Å². The molecule has 4 heteroatoms. The van der Waals surface area contributed by atoms with Crippen LogP contribution in [-0.4, -0.2) is 37.1 Å². The van der Waals surface area contributed by atoms with Crippen molar-refractivity contribution in [2.75, 3.05) is 38.2 Å². The molecule has 0 radical (unpaired) electrons. The van der Waals surface area contributed by atoms with Crippen molar-refractivity contribution < 1.29 is 0 Å². The van der Waals surface area contributed by atoms with Gasteiger partial charge in [-0.3, -0.25) is 0 Å². The number of pyridine rings is 1. The number of aromatic nitrogens is 1. The van der Waals surface area contributed by atoms with E-state index in [1.54, 1.807) is 0 Å². The lowest BCUT2D eigenvalue weighted by molar-refractivity contribution is 0.425. The van der Waals surface area contributed by atoms with Crippen LogP contribution in [-0.2, 0) is 0 Å². The summed E-state index contributed by atoms with van der Waals surface area (Å²) in [6, 6.07) is 7.88. The molecule has 0 saturated carbocycles. The number of nitrogen functional groups attached to an aromatic ring is 1. The van der Waals surface area contributed by atoms with Crippen molar-refractivity contribution in [1.82, 2.24) is 9.88 Å². The monoisotopic (exact) mass is 230 g/mol. The van der Waals surface area contributed by atoms with Crippen LogP contribution in [0.5, 0.6) is 0 Å². The first kappa shape index (κ1) is 11.7. The Morgan fingerprint density at radius 2 is 2.12 bits per heavy atom. The standard InChI is InChI=1S/C13H18N4/c1-17(2)8-7-16-13-12-9-11(14)4-3-10(12)5-6-15-13/h3-6,9H,7-8,14H2,1-2H3,(H,15,16). The Hall–Kier alpha value is -1.81. The third-order valence-electron chi connectivity index (χ3n) is 2.64. The second-order valence-electron chi connectivity index (χ2n) is 4.37. The lowest BCUT2D eigenvalue weighted by Gasteiger charge is -2.12. The lowest BCUT2D eigenvalue weighted by atomic mass is 10.1. The smallest absolute Gasteiger partial charge is 0.133 e. The van der Waals surface area contributed by atoms with Crippen LogP contribution >= 0.6 is 0 Å². The minimum absolute atomic E-state index is 0.765. The van der Waals surface area contributed by atoms with Crippen molar-refractivity contribution in [3.8, 4) is 0 Å². The molecule has 0 fully saturated rings. The van der Waals surface area contributed by atoms with Gasteiger partial charge in [0, 0.05) is 30.4 Å². The maximum absolute atomic E-state index is 5.81. The van der Waals surface area contributed by atoms with Crippen molar-refractivity contribution in [3.05, 3.63) is 30.5 Å². The van der Waals surface area contributed by atoms with Gasteiger partial charge in [0.25, 0.3) is 0 Å². The zero-order chi connectivity index (χ0) is 12.3. The molecule has 1 heterocycles. The fraction of sp³-hybridized carbons (Fsp3) is 0.308. The van der Waals surface area contributed by atoms with Crippen LogP contribution in [0.25, 0.3) is 10.8 Å². The van der Waals surface area contributed by atoms with Crippen LogP contribution in [0.3, 0.4) is 0 Å². The Morgan fingerprint density at radius 1 is 1.29 bits per heavy atom. The van der Waals surface area contributed by atoms with Gasteiger partial charge in [-0.05, 0) is 37.7 Å². The van der Waals surface area contributed by atoms with Crippen molar-refractivity contribution in [1.29, 1.82) is 0 Å². The van der Waals surface area contributed by atoms with Crippen molar-refractivity contribution in [2.45, 2.75) is 0 Å². The first-order chi connectivity index (χ1) is 8.16. The van der Waals surface area contributed by atoms with Gasteiger partial charge in [-0.25, -0.2) is 4.98 Å². The molecule has 0 bridgehead atoms. The molecule has 3 N–H and O–H groups in total. The number of hydrogen-bond acceptors (Lipinski definition) is 4. The van der Waals surface area contributed by atoms with E-state index in [-0.39, 0.29) is 0 Å². The van der Waals surface area contributed by atoms with Gasteiger partial charge in [0.2, 0.25) is 0 Å². The summed E-state index contributed by atoms with van der Waals surface area (Å²) in [5, 5.41) is 5.57. The summed E-state index contributed by atoms with van der Waals surface area (Å²) in [5.74, 6) is 0.900. The highest BCUT2D eigenvalue weighted by atomic mass is 15.1. The highest BCUT2D eigenvalue weighted by Gasteiger charge is 2.02. The van der Waals surface area contributed by atoms with Gasteiger partial charge in [0.15, 0.2) is 0 Å². The fourth-order valence-corrected chi connectivity index (χ4v) is 1.72. The average Bonchev–Trinajstić information content (AvgIpc) is 2.29. The number of rotatable bonds is 4. The van der Waals surface area contributed by atoms with E-state index in [0.29, 0.717) is 0 Å². The summed E-state index contributed by atoms with van der Waals surface area (Å²) in [6.07, 6.45) is 1.82. The fourth-order valence-electron chi connectivity index (χ4n) is 1.72. The highest BCUT2D eigenvalue weighted by molar-refractivity contribution is 5.93. The van der Waals surface area contributed by atoms with Gasteiger partial charge in [-0.2, -0.15) is 0 Å². The zero-order valence-electron chi connectivity index (χ0n) is 10.3. The Kier molecular flexibility index (Phi) is 3.44. The third-order valence-corrected chi connectivity index (χ3v) is 2.64. The van der Waals surface area contributed by atoms with Crippen LogP contribution in [0.15, 0.2) is 30.5 Å². The molecule has 2 aromatic rings. The number of nitrogens with zero attached hydrogens (tertiary/aromatic N) is 2. The number of fused-ring (bicyclic) bond motifs is 1. The normalized spacial score (nSPS) is 11.0. The van der Waals surface area contributed by atoms with Gasteiger partial charge in [0.1, 0.15) is 5.82 Å². The third kappa shape index (κ3) is 2.85. The summed E-state index contributed by atoms with van der Waals surface area (Å²) in [4.78, 5) is 6.49. The molecule has 0 aliphatic carbocycles. The summed E-state index contributed by atoms with van der Waals surface area (Å²) in [6.45, 7) is 1.84. The van der Waals surface area contributed by atoms with Crippen molar-refractivity contribution >= 4 is 22.3 Å². The van der Waals surface area contributed by atoms with Gasteiger partial charge in [-0.15, -0.1) is 0 Å². The van der Waals surface area contributed by atoms with Gasteiger partial charge in [-0.1, -0.05) is 6.07 Å². The van der Waals surface area contributed by atoms with Crippen molar-refractivity contribution in [3.63, 3.8) is 0 Å². The number of nitrogens with one attached hydrogen (secondary N) is 1. The molecule has 4 nitrogen and oxygen atoms in total. The second-order valence-corrected chi connectivity index (χ2v) is 4.37. The summed E-state index contributed by atoms with van der Waals surface area (Å²) >= 11 is 0. The number of benzene rings is 1. The Labute approximate surface area is 101 Å². The predicted octanol–water partition coefficient (Wildman–Crippen LogP) is 1.79. The molecule has 1 aromatic carbocycles. The quantitative estimate of drug-likeness (QED) is 0.786. The maximum Gasteiger partial charge on any atom is 0.133 e. The molecule has 90 valence electrons. The molecule has 0 saturated heterocycles. The van der Waals surface area contributed by atoms with Crippen LogP contribution in [0.1, 0.15) is 0 Å². The molecule has 0 spiro atoms. The van der Waals surface area contributed by atoms with E-state index in [2.05, 4.69) is 29.3 Å². The highest BCUT2D eigenvalue weighted by Crippen LogP contribution is 2.22. The molecule has 0 atom stereocenters. The molecule has 0 unspecified atom stereocenters. The second kappa shape index (κ2) is 5.01. The van der Waals surface area contributed by atoms with E-state index in [4.69, 9.17) is 5.73 Å². The molecule has 17 heavy (non-hydrogen) atoms. The minimum Gasteiger partial charge on any atom is -0.399 e. The Balaban J connectivity index is 2.24. The van der Waals surface area contributed by atoms with E-state index in [1.165, 1.54) is 0 Å². The number of hydrogen-bond donors (Lipinski definition) is 2. The van der Waals surface area contributed by atoms with Crippen LogP contribution in [0.4, 0.5) is 11.5 Å². The number of likely N-dealkylation sites (N-methyl/N-ethyl adjacent to an activating group) is 1. The van der Waals surface area contributed by atoms with Crippen LogP contribution < -0.4 is 11.1 Å². The first-order valence-corrected chi connectivity index (χ1v) is 5.69. The maximum atomic E-state index is 5.81. The number of anilines is 2. The van der Waals surface area contributed by atoms with Crippen LogP contribution in [0.2, 0.25) is 0 Å². The van der Waals surface area contributed by atoms with Gasteiger partial charge in [0.05, 0.1) is 0 Å². The summed E-state index contributed by atoms with van der Waals surface area (Å²) in [7, 11) is 4.10. The Morgan fingerprint density at radius 3 is 2.88 bits per heavy atom. The minimum atomic E-state index is 0.765. The van der Waals surface area contributed by atoms with E-state index in [9.17, 15) is 0 Å². The molecule has 1 aromatic heterocycles. The average molecular weight is 230 g/mol. The molecular formula is C13H18N4. The van der Waals surface area contributed by atoms with Crippen LogP contribution in [0, 0.1) is 0 Å². The topological polar surface area (TPSA) is 54.2 Å². The summed E-state index contributed by atoms with van der Waals surface area (Å²) < 4.78 is 0. The lowest BCUT2D eigenvalue weighted by Crippen LogP contribution is -2.21. The molecule has 0 aliphatic rings. The zero-order valence-corrected chi connectivity index (χ0v) is 10.3. The van der Waals surface area contributed by atoms with E-state index in [1.807, 2.05) is 30.5 Å².